The van der Waals surface area contributed by atoms with Crippen LogP contribution in [-0.4, -0.2) is 12.9 Å². The molecular weight excluding hydrogens is 232 g/mol. The van der Waals surface area contributed by atoms with Crippen molar-refractivity contribution in [3.05, 3.63) is 35.2 Å². The van der Waals surface area contributed by atoms with Gasteiger partial charge in [-0.3, -0.25) is 4.79 Å². The summed E-state index contributed by atoms with van der Waals surface area (Å²) >= 11 is 1.48. The van der Waals surface area contributed by atoms with Crippen LogP contribution in [0.1, 0.15) is 29.1 Å². The second-order valence-corrected chi connectivity index (χ2v) is 5.00. The Morgan fingerprint density at radius 3 is 2.59 bits per heavy atom. The second-order valence-electron chi connectivity index (χ2n) is 3.98. The largest absolute Gasteiger partial charge is 0.495 e. The summed E-state index contributed by atoms with van der Waals surface area (Å²) in [6.45, 7) is 7.47. The summed E-state index contributed by atoms with van der Waals surface area (Å²) in [7, 11) is 1.64. The van der Waals surface area contributed by atoms with Crippen LogP contribution >= 0.6 is 11.3 Å². The van der Waals surface area contributed by atoms with Crippen molar-refractivity contribution >= 4 is 32.8 Å². The number of thiophene rings is 1. The molecule has 0 unspecified atom stereocenters. The first-order chi connectivity index (χ1) is 8.06. The number of allylic oxidation sites excluding steroid dienone is 1. The van der Waals surface area contributed by atoms with E-state index in [1.807, 2.05) is 25.1 Å². The van der Waals surface area contributed by atoms with Gasteiger partial charge in [-0.25, -0.2) is 0 Å². The summed E-state index contributed by atoms with van der Waals surface area (Å²) in [6, 6.07) is 5.85. The van der Waals surface area contributed by atoms with Gasteiger partial charge >= 0.3 is 0 Å². The zero-order valence-electron chi connectivity index (χ0n) is 10.2. The molecule has 0 saturated carbocycles. The Morgan fingerprint density at radius 1 is 1.35 bits per heavy atom. The van der Waals surface area contributed by atoms with Gasteiger partial charge in [0, 0.05) is 10.9 Å². The Bertz CT molecular complexity index is 608. The molecule has 2 aromatic rings. The Hall–Kier alpha value is -1.61. The number of ketones is 1. The number of rotatable bonds is 3. The summed E-state index contributed by atoms with van der Waals surface area (Å²) in [5.41, 5.74) is 1.87. The van der Waals surface area contributed by atoms with Gasteiger partial charge in [0.05, 0.1) is 16.7 Å². The minimum absolute atomic E-state index is 0.0752. The lowest BCUT2D eigenvalue weighted by Gasteiger charge is -2.02. The maximum atomic E-state index is 11.7. The van der Waals surface area contributed by atoms with E-state index >= 15 is 0 Å². The van der Waals surface area contributed by atoms with E-state index in [9.17, 15) is 4.79 Å². The molecule has 0 fully saturated rings. The normalized spacial score (nSPS) is 10.5. The SMILES string of the molecule is C=C(C)c1c(C(C)=O)sc2c(OC)cccc12. The van der Waals surface area contributed by atoms with Crippen LogP contribution in [0.3, 0.4) is 0 Å². The van der Waals surface area contributed by atoms with Crippen molar-refractivity contribution in [1.82, 2.24) is 0 Å². The maximum absolute atomic E-state index is 11.7. The summed E-state index contributed by atoms with van der Waals surface area (Å²) in [4.78, 5) is 12.4. The van der Waals surface area contributed by atoms with E-state index in [1.54, 1.807) is 14.0 Å². The first-order valence-electron chi connectivity index (χ1n) is 5.32. The molecule has 0 N–H and O–H groups in total. The molecule has 0 amide bonds. The Balaban J connectivity index is 2.88. The van der Waals surface area contributed by atoms with Crippen molar-refractivity contribution in [2.75, 3.05) is 7.11 Å². The van der Waals surface area contributed by atoms with E-state index in [0.29, 0.717) is 0 Å². The first kappa shape index (κ1) is 11.9. The Labute approximate surface area is 105 Å². The number of Topliss-reactive ketones (excluding diaryl/α,β-unsaturated/α-hetero) is 1. The summed E-state index contributed by atoms with van der Waals surface area (Å²) in [6.07, 6.45) is 0. The molecule has 17 heavy (non-hydrogen) atoms. The van der Waals surface area contributed by atoms with Gasteiger partial charge in [0.1, 0.15) is 5.75 Å². The minimum Gasteiger partial charge on any atom is -0.495 e. The lowest BCUT2D eigenvalue weighted by Crippen LogP contribution is -1.91. The predicted molar refractivity (Wildman–Crippen MR) is 73.1 cm³/mol. The molecule has 88 valence electrons. The molecule has 0 bridgehead atoms. The van der Waals surface area contributed by atoms with Crippen molar-refractivity contribution in [1.29, 1.82) is 0 Å². The monoisotopic (exact) mass is 246 g/mol. The quantitative estimate of drug-likeness (QED) is 0.761. The lowest BCUT2D eigenvalue weighted by molar-refractivity contribution is 0.102. The molecule has 2 rings (SSSR count). The van der Waals surface area contributed by atoms with Crippen LogP contribution in [0.4, 0.5) is 0 Å². The van der Waals surface area contributed by atoms with Gasteiger partial charge in [-0.05, 0) is 25.5 Å². The van der Waals surface area contributed by atoms with Crippen molar-refractivity contribution in [2.24, 2.45) is 0 Å². The van der Waals surface area contributed by atoms with E-state index in [2.05, 4.69) is 6.58 Å². The zero-order chi connectivity index (χ0) is 12.6. The van der Waals surface area contributed by atoms with Gasteiger partial charge in [-0.15, -0.1) is 11.3 Å². The molecule has 0 spiro atoms. The van der Waals surface area contributed by atoms with E-state index < -0.39 is 0 Å². The Kier molecular flexibility index (Phi) is 3.03. The highest BCUT2D eigenvalue weighted by Crippen LogP contribution is 2.40. The molecule has 2 nitrogen and oxygen atoms in total. The highest BCUT2D eigenvalue weighted by molar-refractivity contribution is 7.21. The fourth-order valence-electron chi connectivity index (χ4n) is 1.93. The van der Waals surface area contributed by atoms with Gasteiger partial charge < -0.3 is 4.74 Å². The predicted octanol–water partition coefficient (Wildman–Crippen LogP) is 4.15. The molecule has 0 radical (unpaired) electrons. The smallest absolute Gasteiger partial charge is 0.170 e. The molecule has 1 heterocycles. The maximum Gasteiger partial charge on any atom is 0.170 e. The van der Waals surface area contributed by atoms with E-state index in [4.69, 9.17) is 4.74 Å². The molecule has 0 aliphatic heterocycles. The molecular formula is C14H14O2S. The lowest BCUT2D eigenvalue weighted by atomic mass is 10.0. The van der Waals surface area contributed by atoms with E-state index in [0.717, 1.165) is 31.8 Å². The number of carbonyl (C=O) groups is 1. The highest BCUT2D eigenvalue weighted by Gasteiger charge is 2.17. The third-order valence-electron chi connectivity index (χ3n) is 2.65. The summed E-state index contributed by atoms with van der Waals surface area (Å²) < 4.78 is 6.34. The average Bonchev–Trinajstić information content (AvgIpc) is 2.67. The van der Waals surface area contributed by atoms with Gasteiger partial charge in [-0.1, -0.05) is 18.7 Å². The third kappa shape index (κ3) is 1.87. The summed E-state index contributed by atoms with van der Waals surface area (Å²) in [5.74, 6) is 0.883. The molecule has 0 saturated heterocycles. The fraction of sp³-hybridized carbons (Fsp3) is 0.214. The second kappa shape index (κ2) is 4.34. The number of carbonyl (C=O) groups excluding carboxylic acids is 1. The molecule has 1 aromatic heterocycles. The van der Waals surface area contributed by atoms with Crippen LogP contribution in [0.15, 0.2) is 24.8 Å². The van der Waals surface area contributed by atoms with Crippen molar-refractivity contribution in [3.8, 4) is 5.75 Å². The van der Waals surface area contributed by atoms with Crippen molar-refractivity contribution in [3.63, 3.8) is 0 Å². The standard InChI is InChI=1S/C14H14O2S/c1-8(2)12-10-6-5-7-11(16-4)14(10)17-13(12)9(3)15/h5-7H,1H2,2-4H3. The Morgan fingerprint density at radius 2 is 2.06 bits per heavy atom. The van der Waals surface area contributed by atoms with Gasteiger partial charge in [-0.2, -0.15) is 0 Å². The average molecular weight is 246 g/mol. The minimum atomic E-state index is 0.0752. The molecule has 1 aromatic carbocycles. The van der Waals surface area contributed by atoms with Crippen LogP contribution in [-0.2, 0) is 0 Å². The van der Waals surface area contributed by atoms with Gasteiger partial charge in [0.15, 0.2) is 5.78 Å². The number of methoxy groups -OCH3 is 1. The molecule has 0 aliphatic rings. The number of hydrogen-bond acceptors (Lipinski definition) is 3. The number of fused-ring (bicyclic) bond motifs is 1. The topological polar surface area (TPSA) is 26.3 Å². The van der Waals surface area contributed by atoms with Crippen LogP contribution in [0.25, 0.3) is 15.7 Å². The summed E-state index contributed by atoms with van der Waals surface area (Å²) in [5, 5.41) is 1.05. The molecule has 0 atom stereocenters. The van der Waals surface area contributed by atoms with Crippen LogP contribution in [0, 0.1) is 0 Å². The van der Waals surface area contributed by atoms with Crippen molar-refractivity contribution < 1.29 is 9.53 Å². The molecule has 3 heteroatoms. The van der Waals surface area contributed by atoms with E-state index in [1.165, 1.54) is 11.3 Å². The first-order valence-corrected chi connectivity index (χ1v) is 6.14. The van der Waals surface area contributed by atoms with Crippen LogP contribution in [0.2, 0.25) is 0 Å². The number of ether oxygens (including phenoxy) is 1. The number of hydrogen-bond donors (Lipinski definition) is 0. The van der Waals surface area contributed by atoms with Crippen LogP contribution < -0.4 is 4.74 Å². The van der Waals surface area contributed by atoms with Gasteiger partial charge in [0.2, 0.25) is 0 Å². The number of benzene rings is 1. The van der Waals surface area contributed by atoms with E-state index in [-0.39, 0.29) is 5.78 Å². The van der Waals surface area contributed by atoms with Crippen molar-refractivity contribution in [2.45, 2.75) is 13.8 Å². The molecule has 0 aliphatic carbocycles. The van der Waals surface area contributed by atoms with Gasteiger partial charge in [0.25, 0.3) is 0 Å². The zero-order valence-corrected chi connectivity index (χ0v) is 11.0. The fourth-order valence-corrected chi connectivity index (χ4v) is 3.19. The highest BCUT2D eigenvalue weighted by atomic mass is 32.1. The third-order valence-corrected chi connectivity index (χ3v) is 3.97. The van der Waals surface area contributed by atoms with Crippen LogP contribution in [0.5, 0.6) is 5.75 Å².